The molecule has 4 amide bonds. The van der Waals surface area contributed by atoms with Crippen LogP contribution in [0.25, 0.3) is 0 Å². The molecule has 5 saturated heterocycles. The fourth-order valence-electron chi connectivity index (χ4n) is 18.1. The van der Waals surface area contributed by atoms with Crippen LogP contribution in [0.1, 0.15) is 191 Å². The van der Waals surface area contributed by atoms with Gasteiger partial charge in [0.15, 0.2) is 0 Å². The van der Waals surface area contributed by atoms with Crippen LogP contribution in [0.15, 0.2) is 97.1 Å². The minimum absolute atomic E-state index is 0.177. The van der Waals surface area contributed by atoms with E-state index in [4.69, 9.17) is 23.7 Å². The van der Waals surface area contributed by atoms with Crippen LogP contribution in [-0.4, -0.2) is 140 Å². The van der Waals surface area contributed by atoms with Crippen molar-refractivity contribution in [1.82, 2.24) is 19.6 Å². The summed E-state index contributed by atoms with van der Waals surface area (Å²) in [5, 5.41) is 8.48. The van der Waals surface area contributed by atoms with Crippen molar-refractivity contribution in [2.45, 2.75) is 215 Å². The van der Waals surface area contributed by atoms with E-state index in [1.54, 1.807) is 4.90 Å². The lowest BCUT2D eigenvalue weighted by Crippen LogP contribution is -2.53. The lowest BCUT2D eigenvalue weighted by atomic mass is 9.80. The number of benzene rings is 4. The maximum Gasteiger partial charge on any atom is 0.415 e. The number of carbonyl (C=O) groups excluding carboxylic acids is 4. The first kappa shape index (κ1) is 64.5. The van der Waals surface area contributed by atoms with E-state index in [9.17, 15) is 19.2 Å². The number of likely N-dealkylation sites (tertiary alicyclic amines) is 4. The molecule has 0 radical (unpaired) electrons. The SMILES string of the molecule is CC1CCC(N2CCC3(CC2)OC(=O)Nc2ccccc23)CC1.CCN1C(=O)OC2(CCN(C3CCCCCC3)CC2)c2ccccc21.C[C@@H]1CCC(N2CCC3(CC2)OC(=O)Nc2ccccc23)C1.O=C1Nc2ccccc2C2(CCN(C3CCOCC3)CC2)O1. The fraction of sp³-hybridized carbons (Fsp3) is 0.627. The van der Waals surface area contributed by atoms with Crippen LogP contribution >= 0.6 is 0 Å². The van der Waals surface area contributed by atoms with Gasteiger partial charge in [0.1, 0.15) is 22.4 Å². The molecule has 3 saturated carbocycles. The number of ether oxygens (including phenoxy) is 5. The van der Waals surface area contributed by atoms with Gasteiger partial charge in [0.05, 0.1) is 22.7 Å². The molecular formula is C75H102N8O9. The molecule has 2 atom stereocenters. The number of fused-ring (bicyclic) bond motifs is 8. The summed E-state index contributed by atoms with van der Waals surface area (Å²) in [6, 6.07) is 35.3. The summed E-state index contributed by atoms with van der Waals surface area (Å²) in [5.74, 6) is 1.75. The zero-order valence-corrected chi connectivity index (χ0v) is 55.2. The van der Waals surface area contributed by atoms with Crippen molar-refractivity contribution in [2.24, 2.45) is 11.8 Å². The lowest BCUT2D eigenvalue weighted by Gasteiger charge is -2.48. The van der Waals surface area contributed by atoms with E-state index in [1.807, 2.05) is 67.6 Å². The van der Waals surface area contributed by atoms with Gasteiger partial charge in [-0.2, -0.15) is 0 Å². The maximum absolute atomic E-state index is 12.6. The van der Waals surface area contributed by atoms with Gasteiger partial charge in [0, 0.05) is 170 Å². The zero-order valence-electron chi connectivity index (χ0n) is 55.2. The van der Waals surface area contributed by atoms with Gasteiger partial charge in [-0.3, -0.25) is 25.8 Å². The molecule has 1 unspecified atom stereocenters. The molecule has 4 spiro atoms. The molecule has 12 aliphatic rings. The molecule has 8 fully saturated rings. The topological polar surface area (TPSA) is 167 Å². The molecule has 17 nitrogen and oxygen atoms in total. The number of anilines is 4. The second-order valence-corrected chi connectivity index (χ2v) is 28.9. The molecule has 3 aliphatic carbocycles. The molecule has 0 aromatic heterocycles. The summed E-state index contributed by atoms with van der Waals surface area (Å²) in [7, 11) is 0. The van der Waals surface area contributed by atoms with E-state index in [2.05, 4.69) is 85.8 Å². The Kier molecular flexibility index (Phi) is 19.9. The molecule has 3 N–H and O–H groups in total. The third-order valence-electron chi connectivity index (χ3n) is 23.5. The van der Waals surface area contributed by atoms with Crippen molar-refractivity contribution >= 4 is 47.1 Å². The third-order valence-corrected chi connectivity index (χ3v) is 23.5. The molecule has 9 aliphatic heterocycles. The highest BCUT2D eigenvalue weighted by atomic mass is 16.6. The Hall–Kier alpha value is -6.24. The summed E-state index contributed by atoms with van der Waals surface area (Å²) >= 11 is 0. The molecule has 9 heterocycles. The van der Waals surface area contributed by atoms with Crippen LogP contribution in [0.5, 0.6) is 0 Å². The highest BCUT2D eigenvalue weighted by molar-refractivity contribution is 5.92. The zero-order chi connectivity index (χ0) is 63.3. The summed E-state index contributed by atoms with van der Waals surface area (Å²) < 4.78 is 28.9. The average molecular weight is 1260 g/mol. The second kappa shape index (κ2) is 28.4. The van der Waals surface area contributed by atoms with E-state index >= 15 is 0 Å². The number of hydrogen-bond acceptors (Lipinski definition) is 13. The van der Waals surface area contributed by atoms with E-state index in [1.165, 1.54) is 89.0 Å². The Morgan fingerprint density at radius 2 is 0.739 bits per heavy atom. The number of nitrogens with zero attached hydrogens (tertiary/aromatic N) is 5. The molecule has 4 aromatic carbocycles. The first-order valence-electron chi connectivity index (χ1n) is 35.8. The van der Waals surface area contributed by atoms with Gasteiger partial charge in [-0.1, -0.05) is 112 Å². The van der Waals surface area contributed by atoms with Gasteiger partial charge >= 0.3 is 24.4 Å². The van der Waals surface area contributed by atoms with Gasteiger partial charge in [-0.15, -0.1) is 0 Å². The van der Waals surface area contributed by atoms with E-state index in [-0.39, 0.29) is 24.4 Å². The molecular weight excluding hydrogens is 1160 g/mol. The van der Waals surface area contributed by atoms with Gasteiger partial charge in [-0.05, 0) is 114 Å². The summed E-state index contributed by atoms with van der Waals surface area (Å²) in [6.45, 7) is 17.3. The van der Waals surface area contributed by atoms with Crippen LogP contribution in [0, 0.1) is 11.8 Å². The van der Waals surface area contributed by atoms with Crippen molar-refractivity contribution in [3.8, 4) is 0 Å². The summed E-state index contributed by atoms with van der Waals surface area (Å²) in [6.07, 6.45) is 25.9. The number of carbonyl (C=O) groups is 4. The number of nitrogens with one attached hydrogen (secondary N) is 3. The maximum atomic E-state index is 12.6. The van der Waals surface area contributed by atoms with Gasteiger partial charge < -0.3 is 38.4 Å². The number of hydrogen-bond donors (Lipinski definition) is 3. The van der Waals surface area contributed by atoms with E-state index in [0.717, 1.165) is 199 Å². The van der Waals surface area contributed by atoms with Crippen molar-refractivity contribution in [1.29, 1.82) is 0 Å². The number of para-hydroxylation sites is 4. The van der Waals surface area contributed by atoms with Crippen LogP contribution in [0.2, 0.25) is 0 Å². The summed E-state index contributed by atoms with van der Waals surface area (Å²) in [4.78, 5) is 60.6. The monoisotopic (exact) mass is 1260 g/mol. The second-order valence-electron chi connectivity index (χ2n) is 28.9. The minimum atomic E-state index is -0.444. The molecule has 92 heavy (non-hydrogen) atoms. The Labute approximate surface area is 546 Å². The smallest absolute Gasteiger partial charge is 0.415 e. The summed E-state index contributed by atoms with van der Waals surface area (Å²) in [5.41, 5.74) is 6.72. The van der Waals surface area contributed by atoms with Crippen molar-refractivity contribution in [3.05, 3.63) is 119 Å². The van der Waals surface area contributed by atoms with Crippen LogP contribution < -0.4 is 20.9 Å². The Balaban J connectivity index is 0.000000112. The van der Waals surface area contributed by atoms with E-state index < -0.39 is 22.4 Å². The number of rotatable bonds is 5. The number of piperidine rings is 4. The largest absolute Gasteiger partial charge is 0.438 e. The van der Waals surface area contributed by atoms with Crippen molar-refractivity contribution in [3.63, 3.8) is 0 Å². The van der Waals surface area contributed by atoms with Gasteiger partial charge in [0.25, 0.3) is 0 Å². The molecule has 17 heteroatoms. The van der Waals surface area contributed by atoms with Crippen LogP contribution in [0.3, 0.4) is 0 Å². The highest BCUT2D eigenvalue weighted by Crippen LogP contribution is 2.49. The molecule has 496 valence electrons. The van der Waals surface area contributed by atoms with E-state index in [0.29, 0.717) is 12.6 Å². The van der Waals surface area contributed by atoms with Gasteiger partial charge in [-0.25, -0.2) is 19.2 Å². The normalized spacial score (nSPS) is 27.7. The highest BCUT2D eigenvalue weighted by Gasteiger charge is 2.50. The Morgan fingerprint density at radius 1 is 0.391 bits per heavy atom. The number of amides is 4. The Bertz CT molecular complexity index is 3090. The van der Waals surface area contributed by atoms with Crippen LogP contribution in [-0.2, 0) is 46.1 Å². The average Bonchev–Trinajstić information content (AvgIpc) is 0.802. The molecule has 4 aromatic rings. The van der Waals surface area contributed by atoms with Gasteiger partial charge in [0.2, 0.25) is 0 Å². The first-order chi connectivity index (χ1) is 44.8. The molecule has 0 bridgehead atoms. The quantitative estimate of drug-likeness (QED) is 0.128. The Morgan fingerprint density at radius 3 is 1.15 bits per heavy atom. The third kappa shape index (κ3) is 13.8. The van der Waals surface area contributed by atoms with Crippen molar-refractivity contribution < 1.29 is 42.9 Å². The first-order valence-corrected chi connectivity index (χ1v) is 35.8. The standard InChI is InChI=1S/C21H30N2O2.C19H26N2O2.C18H24N2O2.C17H22N2O3/c1-2-23-19-12-8-7-11-18(19)21(25-20(23)24)13-15-22(16-14-21)17-9-5-3-4-6-10-17;1-14-6-8-15(9-7-14)21-12-10-19(11-13-21)16-4-2-3-5-17(16)20-18(22)23-19;1-13-6-7-14(12-13)20-10-8-18(9-11-20)15-4-2-3-5-16(15)19-17(21)22-18;20-16-18-15-4-2-1-3-14(15)17(22-16)7-9-19(10-8-17)13-5-11-21-12-6-13/h7-8,11-12,17H,2-6,9-10,13-16H2,1H3;2-5,14-15H,6-13H2,1H3,(H,20,22);2-5,13-14H,6-12H2,1H3,(H,19,21);1-4,13H,5-12H2,(H,18,20)/t;;13-,14?;/m..1./s1. The fourth-order valence-corrected chi connectivity index (χ4v) is 18.1. The lowest BCUT2D eigenvalue weighted by molar-refractivity contribution is -0.0573. The molecule has 16 rings (SSSR count). The predicted molar refractivity (Wildman–Crippen MR) is 359 cm³/mol. The predicted octanol–water partition coefficient (Wildman–Crippen LogP) is 15.2. The van der Waals surface area contributed by atoms with Crippen LogP contribution in [0.4, 0.5) is 41.9 Å². The van der Waals surface area contributed by atoms with Crippen molar-refractivity contribution in [2.75, 3.05) is 93.0 Å². The minimum Gasteiger partial charge on any atom is -0.438 e.